The van der Waals surface area contributed by atoms with Crippen LogP contribution in [0.25, 0.3) is 11.3 Å². The molecular formula is C14H19N5. The SMILES string of the molecule is CN1CCC(Cc2cnc(-c3cn[nH]c3)cn2)CC1. The van der Waals surface area contributed by atoms with Gasteiger partial charge in [-0.15, -0.1) is 0 Å². The number of rotatable bonds is 3. The Morgan fingerprint density at radius 1 is 1.21 bits per heavy atom. The fraction of sp³-hybridized carbons (Fsp3) is 0.500. The maximum atomic E-state index is 4.53. The minimum atomic E-state index is 0.755. The number of H-pyrrole nitrogens is 1. The molecule has 0 aliphatic carbocycles. The Bertz CT molecular complexity index is 497. The summed E-state index contributed by atoms with van der Waals surface area (Å²) in [6, 6.07) is 0. The quantitative estimate of drug-likeness (QED) is 0.910. The second kappa shape index (κ2) is 5.48. The van der Waals surface area contributed by atoms with Crippen molar-refractivity contribution < 1.29 is 0 Å². The third kappa shape index (κ3) is 2.98. The molecular weight excluding hydrogens is 238 g/mol. The predicted molar refractivity (Wildman–Crippen MR) is 73.5 cm³/mol. The average molecular weight is 257 g/mol. The average Bonchev–Trinajstić information content (AvgIpc) is 2.96. The molecule has 2 aromatic rings. The summed E-state index contributed by atoms with van der Waals surface area (Å²) in [6.07, 6.45) is 10.9. The maximum Gasteiger partial charge on any atom is 0.0916 e. The van der Waals surface area contributed by atoms with Crippen LogP contribution in [0.5, 0.6) is 0 Å². The molecule has 3 heterocycles. The van der Waals surface area contributed by atoms with Crippen molar-refractivity contribution in [2.24, 2.45) is 5.92 Å². The van der Waals surface area contributed by atoms with Crippen LogP contribution in [0.2, 0.25) is 0 Å². The molecule has 2 aromatic heterocycles. The van der Waals surface area contributed by atoms with E-state index in [1.54, 1.807) is 6.20 Å². The van der Waals surface area contributed by atoms with Crippen molar-refractivity contribution in [3.8, 4) is 11.3 Å². The van der Waals surface area contributed by atoms with E-state index in [2.05, 4.69) is 32.1 Å². The van der Waals surface area contributed by atoms with Crippen molar-refractivity contribution in [2.75, 3.05) is 20.1 Å². The zero-order chi connectivity index (χ0) is 13.1. The number of hydrogen-bond donors (Lipinski definition) is 1. The summed E-state index contributed by atoms with van der Waals surface area (Å²) in [7, 11) is 2.19. The molecule has 0 unspecified atom stereocenters. The van der Waals surface area contributed by atoms with Gasteiger partial charge in [0.2, 0.25) is 0 Å². The Hall–Kier alpha value is -1.75. The van der Waals surface area contributed by atoms with E-state index in [1.807, 2.05) is 18.6 Å². The van der Waals surface area contributed by atoms with Crippen molar-refractivity contribution in [3.05, 3.63) is 30.5 Å². The fourth-order valence-electron chi connectivity index (χ4n) is 2.56. The van der Waals surface area contributed by atoms with Gasteiger partial charge in [0, 0.05) is 18.0 Å². The molecule has 19 heavy (non-hydrogen) atoms. The van der Waals surface area contributed by atoms with E-state index in [9.17, 15) is 0 Å². The van der Waals surface area contributed by atoms with Gasteiger partial charge < -0.3 is 4.90 Å². The summed E-state index contributed by atoms with van der Waals surface area (Å²) < 4.78 is 0. The Labute approximate surface area is 113 Å². The van der Waals surface area contributed by atoms with Gasteiger partial charge in [-0.1, -0.05) is 0 Å². The minimum Gasteiger partial charge on any atom is -0.306 e. The minimum absolute atomic E-state index is 0.755. The molecule has 1 aliphatic rings. The van der Waals surface area contributed by atoms with Gasteiger partial charge in [0.1, 0.15) is 0 Å². The molecule has 5 nitrogen and oxygen atoms in total. The smallest absolute Gasteiger partial charge is 0.0916 e. The lowest BCUT2D eigenvalue weighted by atomic mass is 9.92. The molecule has 5 heteroatoms. The normalized spacial score (nSPS) is 17.7. The Morgan fingerprint density at radius 2 is 2.05 bits per heavy atom. The van der Waals surface area contributed by atoms with Crippen LogP contribution in [0.4, 0.5) is 0 Å². The molecule has 0 bridgehead atoms. The molecule has 100 valence electrons. The number of likely N-dealkylation sites (tertiary alicyclic amines) is 1. The predicted octanol–water partition coefficient (Wildman–Crippen LogP) is 1.75. The summed E-state index contributed by atoms with van der Waals surface area (Å²) in [5.41, 5.74) is 2.96. The van der Waals surface area contributed by atoms with E-state index in [0.29, 0.717) is 0 Å². The van der Waals surface area contributed by atoms with E-state index in [0.717, 1.165) is 29.3 Å². The van der Waals surface area contributed by atoms with Gasteiger partial charge in [-0.2, -0.15) is 5.10 Å². The summed E-state index contributed by atoms with van der Waals surface area (Å²) >= 11 is 0. The van der Waals surface area contributed by atoms with E-state index < -0.39 is 0 Å². The molecule has 1 N–H and O–H groups in total. The number of piperidine rings is 1. The molecule has 1 saturated heterocycles. The van der Waals surface area contributed by atoms with Gasteiger partial charge in [-0.05, 0) is 45.3 Å². The number of nitrogens with one attached hydrogen (secondary N) is 1. The van der Waals surface area contributed by atoms with Crippen molar-refractivity contribution in [3.63, 3.8) is 0 Å². The summed E-state index contributed by atoms with van der Waals surface area (Å²) in [5, 5.41) is 6.71. The van der Waals surface area contributed by atoms with Gasteiger partial charge in [0.05, 0.1) is 23.8 Å². The molecule has 0 atom stereocenters. The Kier molecular flexibility index (Phi) is 3.55. The van der Waals surface area contributed by atoms with E-state index in [4.69, 9.17) is 0 Å². The standard InChI is InChI=1S/C14H19N5/c1-19-4-2-11(3-5-19)6-13-9-16-14(10-15-13)12-7-17-18-8-12/h7-11H,2-6H2,1H3,(H,17,18). The molecule has 0 spiro atoms. The zero-order valence-electron chi connectivity index (χ0n) is 11.2. The molecule has 1 aliphatic heterocycles. The summed E-state index contributed by atoms with van der Waals surface area (Å²) in [4.78, 5) is 11.4. The van der Waals surface area contributed by atoms with E-state index >= 15 is 0 Å². The van der Waals surface area contributed by atoms with Crippen molar-refractivity contribution in [1.82, 2.24) is 25.1 Å². The van der Waals surface area contributed by atoms with Crippen LogP contribution in [-0.4, -0.2) is 45.2 Å². The monoisotopic (exact) mass is 257 g/mol. The van der Waals surface area contributed by atoms with Crippen molar-refractivity contribution in [2.45, 2.75) is 19.3 Å². The van der Waals surface area contributed by atoms with E-state index in [-0.39, 0.29) is 0 Å². The summed E-state index contributed by atoms with van der Waals surface area (Å²) in [6.45, 7) is 2.40. The van der Waals surface area contributed by atoms with Crippen LogP contribution in [0, 0.1) is 5.92 Å². The highest BCUT2D eigenvalue weighted by atomic mass is 15.1. The van der Waals surface area contributed by atoms with Gasteiger partial charge in [0.25, 0.3) is 0 Å². The molecule has 1 fully saturated rings. The second-order valence-corrected chi connectivity index (χ2v) is 5.33. The van der Waals surface area contributed by atoms with Crippen molar-refractivity contribution in [1.29, 1.82) is 0 Å². The van der Waals surface area contributed by atoms with Crippen molar-refractivity contribution >= 4 is 0 Å². The lowest BCUT2D eigenvalue weighted by molar-refractivity contribution is 0.218. The molecule has 0 radical (unpaired) electrons. The Morgan fingerprint density at radius 3 is 2.68 bits per heavy atom. The number of hydrogen-bond acceptors (Lipinski definition) is 4. The first-order valence-electron chi connectivity index (χ1n) is 6.80. The maximum absolute atomic E-state index is 4.53. The van der Waals surface area contributed by atoms with Crippen LogP contribution in [-0.2, 0) is 6.42 Å². The van der Waals surface area contributed by atoms with Crippen LogP contribution < -0.4 is 0 Å². The molecule has 0 amide bonds. The number of aromatic amines is 1. The molecule has 0 aromatic carbocycles. The van der Waals surface area contributed by atoms with Crippen LogP contribution >= 0.6 is 0 Å². The van der Waals surface area contributed by atoms with Gasteiger partial charge in [-0.25, -0.2) is 0 Å². The van der Waals surface area contributed by atoms with Gasteiger partial charge in [0.15, 0.2) is 0 Å². The molecule has 3 rings (SSSR count). The fourth-order valence-corrected chi connectivity index (χ4v) is 2.56. The van der Waals surface area contributed by atoms with Gasteiger partial charge >= 0.3 is 0 Å². The number of nitrogens with zero attached hydrogens (tertiary/aromatic N) is 4. The second-order valence-electron chi connectivity index (χ2n) is 5.33. The first kappa shape index (κ1) is 12.3. The molecule has 0 saturated carbocycles. The summed E-state index contributed by atoms with van der Waals surface area (Å²) in [5.74, 6) is 0.755. The Balaban J connectivity index is 1.63. The third-order valence-corrected chi connectivity index (χ3v) is 3.84. The highest BCUT2D eigenvalue weighted by Crippen LogP contribution is 2.20. The third-order valence-electron chi connectivity index (χ3n) is 3.84. The van der Waals surface area contributed by atoms with Crippen LogP contribution in [0.3, 0.4) is 0 Å². The lowest BCUT2D eigenvalue weighted by Crippen LogP contribution is -2.31. The van der Waals surface area contributed by atoms with Crippen LogP contribution in [0.15, 0.2) is 24.8 Å². The van der Waals surface area contributed by atoms with Gasteiger partial charge in [-0.3, -0.25) is 15.1 Å². The zero-order valence-corrected chi connectivity index (χ0v) is 11.2. The lowest BCUT2D eigenvalue weighted by Gasteiger charge is -2.28. The van der Waals surface area contributed by atoms with E-state index in [1.165, 1.54) is 25.9 Å². The highest BCUT2D eigenvalue weighted by molar-refractivity contribution is 5.55. The topological polar surface area (TPSA) is 57.7 Å². The largest absolute Gasteiger partial charge is 0.306 e. The number of aromatic nitrogens is 4. The highest BCUT2D eigenvalue weighted by Gasteiger charge is 2.17. The first-order chi connectivity index (χ1) is 9.31. The first-order valence-corrected chi connectivity index (χ1v) is 6.80. The van der Waals surface area contributed by atoms with Crippen LogP contribution in [0.1, 0.15) is 18.5 Å².